The smallest absolute Gasteiger partial charge is 0.105 e. The van der Waals surface area contributed by atoms with Crippen molar-refractivity contribution in [3.63, 3.8) is 0 Å². The van der Waals surface area contributed by atoms with Crippen LogP contribution < -0.4 is 5.32 Å². The molecule has 4 nitrogen and oxygen atoms in total. The molecule has 1 atom stereocenters. The molecular formula is C15H15ClN4S. The molecule has 0 bridgehead atoms. The maximum atomic E-state index is 6.04. The number of aromatic nitrogens is 3. The van der Waals surface area contributed by atoms with Gasteiger partial charge in [0.1, 0.15) is 5.69 Å². The maximum absolute atomic E-state index is 6.04. The van der Waals surface area contributed by atoms with E-state index in [-0.39, 0.29) is 6.04 Å². The highest BCUT2D eigenvalue weighted by Gasteiger charge is 2.18. The first-order chi connectivity index (χ1) is 10.3. The Balaban J connectivity index is 1.92. The Hall–Kier alpha value is -1.69. The Morgan fingerprint density at radius 1 is 1.24 bits per heavy atom. The van der Waals surface area contributed by atoms with E-state index in [4.69, 9.17) is 11.6 Å². The van der Waals surface area contributed by atoms with Gasteiger partial charge in [-0.15, -0.1) is 11.3 Å². The van der Waals surface area contributed by atoms with Gasteiger partial charge < -0.3 is 5.32 Å². The zero-order chi connectivity index (χ0) is 14.7. The van der Waals surface area contributed by atoms with E-state index in [9.17, 15) is 0 Å². The number of hydrogen-bond donors (Lipinski definition) is 1. The molecule has 2 heterocycles. The summed E-state index contributed by atoms with van der Waals surface area (Å²) >= 11 is 7.60. The van der Waals surface area contributed by atoms with Crippen molar-refractivity contribution in [2.24, 2.45) is 0 Å². The number of hydrogen-bond acceptors (Lipinski definition) is 4. The molecule has 1 aromatic carbocycles. The molecule has 0 saturated carbocycles. The van der Waals surface area contributed by atoms with Crippen molar-refractivity contribution in [2.45, 2.75) is 13.0 Å². The lowest BCUT2D eigenvalue weighted by molar-refractivity contribution is 0.613. The molecule has 0 amide bonds. The lowest BCUT2D eigenvalue weighted by atomic mass is 10.2. The summed E-state index contributed by atoms with van der Waals surface area (Å²) in [5.74, 6) is 0. The van der Waals surface area contributed by atoms with Gasteiger partial charge in [-0.2, -0.15) is 15.0 Å². The fourth-order valence-corrected chi connectivity index (χ4v) is 3.28. The topological polar surface area (TPSA) is 42.7 Å². The van der Waals surface area contributed by atoms with E-state index < -0.39 is 0 Å². The molecule has 3 aromatic rings. The number of para-hydroxylation sites is 1. The average Bonchev–Trinajstić information content (AvgIpc) is 3.15. The molecule has 6 heteroatoms. The van der Waals surface area contributed by atoms with Crippen molar-refractivity contribution in [2.75, 3.05) is 6.54 Å². The van der Waals surface area contributed by atoms with Crippen LogP contribution >= 0.6 is 22.9 Å². The van der Waals surface area contributed by atoms with Crippen LogP contribution in [0.1, 0.15) is 23.5 Å². The molecule has 0 saturated heterocycles. The highest BCUT2D eigenvalue weighted by Crippen LogP contribution is 2.30. The van der Waals surface area contributed by atoms with Crippen LogP contribution in [-0.2, 0) is 0 Å². The molecule has 0 fully saturated rings. The van der Waals surface area contributed by atoms with Crippen LogP contribution in [0.2, 0.25) is 4.34 Å². The van der Waals surface area contributed by atoms with E-state index in [2.05, 4.69) is 22.4 Å². The standard InChI is InChI=1S/C15H15ClN4S/c1-2-17-15(13-8-9-14(16)21-13)12-10-18-20(19-12)11-6-4-3-5-7-11/h3-10,15,17H,2H2,1H3. The van der Waals surface area contributed by atoms with E-state index >= 15 is 0 Å². The highest BCUT2D eigenvalue weighted by molar-refractivity contribution is 7.16. The van der Waals surface area contributed by atoms with E-state index in [1.807, 2.05) is 42.5 Å². The second kappa shape index (κ2) is 6.39. The second-order valence-electron chi connectivity index (χ2n) is 4.53. The minimum atomic E-state index is 0.0185. The molecule has 0 aliphatic carbocycles. The lowest BCUT2D eigenvalue weighted by Gasteiger charge is -2.13. The van der Waals surface area contributed by atoms with Crippen molar-refractivity contribution < 1.29 is 0 Å². The zero-order valence-corrected chi connectivity index (χ0v) is 13.1. The van der Waals surface area contributed by atoms with Crippen LogP contribution in [-0.4, -0.2) is 21.5 Å². The summed E-state index contributed by atoms with van der Waals surface area (Å²) in [5, 5.41) is 12.4. The molecule has 108 valence electrons. The molecule has 0 aliphatic rings. The van der Waals surface area contributed by atoms with Gasteiger partial charge in [0.15, 0.2) is 0 Å². The first kappa shape index (κ1) is 14.3. The first-order valence-electron chi connectivity index (χ1n) is 6.74. The predicted molar refractivity (Wildman–Crippen MR) is 86.2 cm³/mol. The normalized spacial score (nSPS) is 12.5. The van der Waals surface area contributed by atoms with Crippen molar-refractivity contribution in [3.8, 4) is 5.69 Å². The molecule has 1 N–H and O–H groups in total. The van der Waals surface area contributed by atoms with Gasteiger partial charge in [-0.1, -0.05) is 36.7 Å². The molecule has 1 unspecified atom stereocenters. The first-order valence-corrected chi connectivity index (χ1v) is 7.93. The van der Waals surface area contributed by atoms with Gasteiger partial charge in [-0.25, -0.2) is 0 Å². The Labute approximate surface area is 132 Å². The number of nitrogens with zero attached hydrogens (tertiary/aromatic N) is 3. The Kier molecular flexibility index (Phi) is 4.34. The average molecular weight is 319 g/mol. The van der Waals surface area contributed by atoms with E-state index in [0.29, 0.717) is 0 Å². The zero-order valence-electron chi connectivity index (χ0n) is 11.5. The monoisotopic (exact) mass is 318 g/mol. The maximum Gasteiger partial charge on any atom is 0.105 e. The Morgan fingerprint density at radius 3 is 2.71 bits per heavy atom. The van der Waals surface area contributed by atoms with Gasteiger partial charge in [-0.05, 0) is 30.8 Å². The number of halogens is 1. The summed E-state index contributed by atoms with van der Waals surface area (Å²) in [6, 6.07) is 13.8. The third-order valence-electron chi connectivity index (χ3n) is 3.08. The third kappa shape index (κ3) is 3.15. The highest BCUT2D eigenvalue weighted by atomic mass is 35.5. The van der Waals surface area contributed by atoms with Crippen LogP contribution in [0.3, 0.4) is 0 Å². The van der Waals surface area contributed by atoms with Crippen molar-refractivity contribution in [1.82, 2.24) is 20.3 Å². The quantitative estimate of drug-likeness (QED) is 0.780. The summed E-state index contributed by atoms with van der Waals surface area (Å²) in [5.41, 5.74) is 1.84. The van der Waals surface area contributed by atoms with Gasteiger partial charge in [0.05, 0.1) is 22.3 Å². The number of rotatable bonds is 5. The Bertz CT molecular complexity index is 707. The SMILES string of the molecule is CCNC(c1cnn(-c2ccccc2)n1)c1ccc(Cl)s1. The van der Waals surface area contributed by atoms with Crippen LogP contribution in [0.4, 0.5) is 0 Å². The van der Waals surface area contributed by atoms with E-state index in [1.54, 1.807) is 22.3 Å². The summed E-state index contributed by atoms with van der Waals surface area (Å²) < 4.78 is 0.781. The minimum Gasteiger partial charge on any atom is -0.304 e. The molecule has 3 rings (SSSR count). The fraction of sp³-hybridized carbons (Fsp3) is 0.200. The summed E-state index contributed by atoms with van der Waals surface area (Å²) in [7, 11) is 0. The summed E-state index contributed by atoms with van der Waals surface area (Å²) in [6.07, 6.45) is 1.80. The summed E-state index contributed by atoms with van der Waals surface area (Å²) in [4.78, 5) is 2.79. The van der Waals surface area contributed by atoms with Crippen LogP contribution in [0.5, 0.6) is 0 Å². The van der Waals surface area contributed by atoms with Gasteiger partial charge in [0, 0.05) is 4.88 Å². The number of benzene rings is 1. The third-order valence-corrected chi connectivity index (χ3v) is 4.38. The Morgan fingerprint density at radius 2 is 2.05 bits per heavy atom. The number of nitrogens with one attached hydrogen (secondary N) is 1. The van der Waals surface area contributed by atoms with Crippen LogP contribution in [0.25, 0.3) is 5.69 Å². The van der Waals surface area contributed by atoms with Crippen LogP contribution in [0, 0.1) is 0 Å². The molecule has 0 aliphatic heterocycles. The molecule has 0 radical (unpaired) electrons. The molecular weight excluding hydrogens is 304 g/mol. The molecule has 21 heavy (non-hydrogen) atoms. The van der Waals surface area contributed by atoms with Gasteiger partial charge >= 0.3 is 0 Å². The van der Waals surface area contributed by atoms with Gasteiger partial charge in [-0.3, -0.25) is 0 Å². The lowest BCUT2D eigenvalue weighted by Crippen LogP contribution is -2.21. The van der Waals surface area contributed by atoms with Crippen molar-refractivity contribution in [1.29, 1.82) is 0 Å². The molecule has 0 spiro atoms. The minimum absolute atomic E-state index is 0.0185. The summed E-state index contributed by atoms with van der Waals surface area (Å²) in [6.45, 7) is 2.92. The van der Waals surface area contributed by atoms with E-state index in [1.165, 1.54) is 0 Å². The van der Waals surface area contributed by atoms with Gasteiger partial charge in [0.25, 0.3) is 0 Å². The van der Waals surface area contributed by atoms with Gasteiger partial charge in [0.2, 0.25) is 0 Å². The second-order valence-corrected chi connectivity index (χ2v) is 6.27. The van der Waals surface area contributed by atoms with Crippen LogP contribution in [0.15, 0.2) is 48.7 Å². The molecule has 2 aromatic heterocycles. The number of thiophene rings is 1. The van der Waals surface area contributed by atoms with Crippen molar-refractivity contribution >= 4 is 22.9 Å². The predicted octanol–water partition coefficient (Wildman–Crippen LogP) is 3.68. The fourth-order valence-electron chi connectivity index (χ4n) is 2.13. The van der Waals surface area contributed by atoms with E-state index in [0.717, 1.165) is 27.1 Å². The largest absolute Gasteiger partial charge is 0.304 e. The van der Waals surface area contributed by atoms with Crippen molar-refractivity contribution in [3.05, 3.63) is 63.6 Å².